The van der Waals surface area contributed by atoms with E-state index in [9.17, 15) is 4.79 Å². The molecule has 1 aromatic carbocycles. The van der Waals surface area contributed by atoms with Crippen molar-refractivity contribution in [2.75, 3.05) is 23.3 Å². The van der Waals surface area contributed by atoms with Crippen LogP contribution in [0.25, 0.3) is 0 Å². The second-order valence-corrected chi connectivity index (χ2v) is 5.88. The summed E-state index contributed by atoms with van der Waals surface area (Å²) in [6.45, 7) is 2.36. The first-order valence-corrected chi connectivity index (χ1v) is 8.21. The van der Waals surface area contributed by atoms with Crippen molar-refractivity contribution in [3.63, 3.8) is 0 Å². The largest absolute Gasteiger partial charge is 0.467 e. The molecule has 0 saturated carbocycles. The number of anilines is 2. The molecule has 1 saturated heterocycles. The molecule has 3 N–H and O–H groups in total. The summed E-state index contributed by atoms with van der Waals surface area (Å²) in [5.41, 5.74) is 7.95. The van der Waals surface area contributed by atoms with E-state index in [2.05, 4.69) is 16.3 Å². The van der Waals surface area contributed by atoms with Crippen LogP contribution in [0.4, 0.5) is 11.4 Å². The van der Waals surface area contributed by atoms with E-state index in [0.29, 0.717) is 11.3 Å². The molecule has 1 aliphatic heterocycles. The van der Waals surface area contributed by atoms with Crippen LogP contribution in [-0.2, 0) is 6.54 Å². The monoisotopic (exact) mass is 385 g/mol. The smallest absolute Gasteiger partial charge is 0.258 e. The molecule has 1 aliphatic rings. The van der Waals surface area contributed by atoms with Crippen molar-refractivity contribution < 1.29 is 9.21 Å². The summed E-state index contributed by atoms with van der Waals surface area (Å²) in [6.07, 6.45) is 6.41. The van der Waals surface area contributed by atoms with E-state index in [1.807, 2.05) is 18.2 Å². The van der Waals surface area contributed by atoms with Gasteiger partial charge >= 0.3 is 0 Å². The van der Waals surface area contributed by atoms with Gasteiger partial charge in [0, 0.05) is 13.1 Å². The molecule has 1 amide bonds. The van der Waals surface area contributed by atoms with Crippen LogP contribution in [0, 0.1) is 0 Å². The van der Waals surface area contributed by atoms with Crippen molar-refractivity contribution in [2.45, 2.75) is 32.2 Å². The van der Waals surface area contributed by atoms with Crippen molar-refractivity contribution >= 4 is 42.1 Å². The second kappa shape index (κ2) is 10.3. The number of carbonyl (C=O) groups excluding carboxylic acids is 1. The number of rotatable bonds is 4. The minimum atomic E-state index is -0.171. The van der Waals surface area contributed by atoms with E-state index in [1.54, 1.807) is 6.07 Å². The number of halogens is 2. The average molecular weight is 386 g/mol. The second-order valence-electron chi connectivity index (χ2n) is 5.88. The van der Waals surface area contributed by atoms with Gasteiger partial charge in [0.1, 0.15) is 12.0 Å². The summed E-state index contributed by atoms with van der Waals surface area (Å²) in [6, 6.07) is 9.66. The van der Waals surface area contributed by atoms with Gasteiger partial charge in [-0.15, -0.1) is 24.8 Å². The summed E-state index contributed by atoms with van der Waals surface area (Å²) < 4.78 is 5.24. The molecule has 7 heteroatoms. The zero-order valence-electron chi connectivity index (χ0n) is 14.1. The SMILES string of the molecule is Cl.Cl.NCc1cc(C(=O)Nc2ccccc2N2CCCCCC2)co1. The van der Waals surface area contributed by atoms with Crippen molar-refractivity contribution in [2.24, 2.45) is 5.73 Å². The Kier molecular flexibility index (Phi) is 8.83. The number of nitrogens with one attached hydrogen (secondary N) is 1. The molecule has 0 atom stereocenters. The third-order valence-corrected chi connectivity index (χ3v) is 4.22. The van der Waals surface area contributed by atoms with Crippen LogP contribution in [0.5, 0.6) is 0 Å². The molecule has 25 heavy (non-hydrogen) atoms. The highest BCUT2D eigenvalue weighted by atomic mass is 35.5. The van der Waals surface area contributed by atoms with Crippen molar-refractivity contribution in [1.82, 2.24) is 0 Å². The average Bonchev–Trinajstić information content (AvgIpc) is 2.90. The van der Waals surface area contributed by atoms with E-state index in [4.69, 9.17) is 10.2 Å². The predicted octanol–water partition coefficient (Wildman–Crippen LogP) is 4.21. The molecule has 0 unspecified atom stereocenters. The minimum absolute atomic E-state index is 0. The predicted molar refractivity (Wildman–Crippen MR) is 106 cm³/mol. The van der Waals surface area contributed by atoms with Gasteiger partial charge in [0.05, 0.1) is 23.5 Å². The van der Waals surface area contributed by atoms with Crippen LogP contribution < -0.4 is 16.0 Å². The minimum Gasteiger partial charge on any atom is -0.467 e. The zero-order chi connectivity index (χ0) is 16.1. The van der Waals surface area contributed by atoms with Crippen molar-refractivity contribution in [3.05, 3.63) is 47.9 Å². The van der Waals surface area contributed by atoms with Crippen molar-refractivity contribution in [1.29, 1.82) is 0 Å². The number of carbonyl (C=O) groups is 1. The van der Waals surface area contributed by atoms with Crippen LogP contribution in [0.2, 0.25) is 0 Å². The van der Waals surface area contributed by atoms with E-state index >= 15 is 0 Å². The fourth-order valence-corrected chi connectivity index (χ4v) is 2.97. The molecular formula is C18H25Cl2N3O2. The number of para-hydroxylation sites is 2. The lowest BCUT2D eigenvalue weighted by Crippen LogP contribution is -2.25. The molecule has 0 spiro atoms. The van der Waals surface area contributed by atoms with Crippen LogP contribution >= 0.6 is 24.8 Å². The van der Waals surface area contributed by atoms with E-state index in [0.717, 1.165) is 24.5 Å². The maximum atomic E-state index is 12.4. The lowest BCUT2D eigenvalue weighted by molar-refractivity contribution is 0.102. The number of benzene rings is 1. The Hall–Kier alpha value is -1.69. The molecule has 0 bridgehead atoms. The lowest BCUT2D eigenvalue weighted by atomic mass is 10.2. The molecule has 0 radical (unpaired) electrons. The van der Waals surface area contributed by atoms with Gasteiger partial charge in [-0.05, 0) is 31.0 Å². The highest BCUT2D eigenvalue weighted by molar-refractivity contribution is 6.05. The van der Waals surface area contributed by atoms with E-state index < -0.39 is 0 Å². The van der Waals surface area contributed by atoms with Crippen LogP contribution in [0.1, 0.15) is 41.8 Å². The fraction of sp³-hybridized carbons (Fsp3) is 0.389. The maximum Gasteiger partial charge on any atom is 0.258 e. The third kappa shape index (κ3) is 5.39. The number of hydrogen-bond donors (Lipinski definition) is 2. The maximum absolute atomic E-state index is 12.4. The van der Waals surface area contributed by atoms with Gasteiger partial charge in [0.25, 0.3) is 5.91 Å². The normalized spacial score (nSPS) is 14.0. The number of furan rings is 1. The summed E-state index contributed by atoms with van der Waals surface area (Å²) in [5.74, 6) is 0.437. The summed E-state index contributed by atoms with van der Waals surface area (Å²) >= 11 is 0. The first-order valence-electron chi connectivity index (χ1n) is 8.21. The van der Waals surface area contributed by atoms with Gasteiger partial charge in [-0.3, -0.25) is 4.79 Å². The van der Waals surface area contributed by atoms with Crippen molar-refractivity contribution in [3.8, 4) is 0 Å². The molecule has 3 rings (SSSR count). The van der Waals surface area contributed by atoms with Gasteiger partial charge < -0.3 is 20.4 Å². The quantitative estimate of drug-likeness (QED) is 0.826. The highest BCUT2D eigenvalue weighted by Gasteiger charge is 2.16. The van der Waals surface area contributed by atoms with Gasteiger partial charge in [0.2, 0.25) is 0 Å². The molecule has 1 fully saturated rings. The summed E-state index contributed by atoms with van der Waals surface area (Å²) in [5, 5.41) is 3.00. The van der Waals surface area contributed by atoms with Gasteiger partial charge in [-0.2, -0.15) is 0 Å². The van der Waals surface area contributed by atoms with E-state index in [-0.39, 0.29) is 37.3 Å². The van der Waals surface area contributed by atoms with Crippen LogP contribution in [0.3, 0.4) is 0 Å². The summed E-state index contributed by atoms with van der Waals surface area (Å²) in [7, 11) is 0. The zero-order valence-corrected chi connectivity index (χ0v) is 15.7. The first-order chi connectivity index (χ1) is 11.3. The van der Waals surface area contributed by atoms with Gasteiger partial charge in [-0.25, -0.2) is 0 Å². The molecule has 5 nitrogen and oxygen atoms in total. The molecule has 138 valence electrons. The Balaban J connectivity index is 0.00000156. The Bertz CT molecular complexity index is 668. The molecule has 0 aliphatic carbocycles. The third-order valence-electron chi connectivity index (χ3n) is 4.22. The lowest BCUT2D eigenvalue weighted by Gasteiger charge is -2.25. The molecular weight excluding hydrogens is 361 g/mol. The number of amides is 1. The van der Waals surface area contributed by atoms with Crippen LogP contribution in [-0.4, -0.2) is 19.0 Å². The number of nitrogens with zero attached hydrogens (tertiary/aromatic N) is 1. The molecule has 2 aromatic rings. The Morgan fingerprint density at radius 2 is 1.80 bits per heavy atom. The Morgan fingerprint density at radius 1 is 1.12 bits per heavy atom. The van der Waals surface area contributed by atoms with Gasteiger partial charge in [0.15, 0.2) is 0 Å². The van der Waals surface area contributed by atoms with Crippen LogP contribution in [0.15, 0.2) is 41.0 Å². The number of hydrogen-bond acceptors (Lipinski definition) is 4. The Morgan fingerprint density at radius 3 is 2.44 bits per heavy atom. The first kappa shape index (κ1) is 21.4. The molecule has 2 heterocycles. The fourth-order valence-electron chi connectivity index (χ4n) is 2.97. The standard InChI is InChI=1S/C18H23N3O2.2ClH/c19-12-15-11-14(13-23-15)18(22)20-16-7-3-4-8-17(16)21-9-5-1-2-6-10-21;;/h3-4,7-8,11,13H,1-2,5-6,9-10,12,19H2,(H,20,22);2*1H. The highest BCUT2D eigenvalue weighted by Crippen LogP contribution is 2.28. The topological polar surface area (TPSA) is 71.5 Å². The molecule has 1 aromatic heterocycles. The Labute approximate surface area is 160 Å². The number of nitrogens with two attached hydrogens (primary N) is 1. The summed E-state index contributed by atoms with van der Waals surface area (Å²) in [4.78, 5) is 14.8. The van der Waals surface area contributed by atoms with Gasteiger partial charge in [-0.1, -0.05) is 25.0 Å². The van der Waals surface area contributed by atoms with E-state index in [1.165, 1.54) is 31.9 Å².